The van der Waals surface area contributed by atoms with Crippen molar-refractivity contribution in [2.45, 2.75) is 18.9 Å². The first-order valence-electron chi connectivity index (χ1n) is 6.70. The number of benzene rings is 1. The van der Waals surface area contributed by atoms with Crippen LogP contribution in [0.3, 0.4) is 0 Å². The zero-order valence-electron chi connectivity index (χ0n) is 11.4. The first kappa shape index (κ1) is 15.4. The van der Waals surface area contributed by atoms with Crippen LogP contribution in [-0.4, -0.2) is 37.0 Å². The van der Waals surface area contributed by atoms with E-state index in [0.717, 1.165) is 31.5 Å². The van der Waals surface area contributed by atoms with Gasteiger partial charge in [-0.3, -0.25) is 4.79 Å². The van der Waals surface area contributed by atoms with E-state index >= 15 is 0 Å². The minimum absolute atomic E-state index is 0.0237. The van der Waals surface area contributed by atoms with E-state index in [2.05, 4.69) is 5.32 Å². The minimum atomic E-state index is 0.0237. The molecule has 1 fully saturated rings. The molecule has 0 radical (unpaired) electrons. The number of rotatable bonds is 3. The quantitative estimate of drug-likeness (QED) is 0.869. The zero-order chi connectivity index (χ0) is 14.5. The largest absolute Gasteiger partial charge is 0.339 e. The lowest BCUT2D eigenvalue weighted by molar-refractivity contribution is -0.127. The van der Waals surface area contributed by atoms with Gasteiger partial charge < -0.3 is 10.2 Å². The summed E-state index contributed by atoms with van der Waals surface area (Å²) in [6, 6.07) is 5.90. The van der Waals surface area contributed by atoms with Crippen molar-refractivity contribution >= 4 is 35.2 Å². The smallest absolute Gasteiger partial charge is 0.246 e. The number of hydrogen-bond acceptors (Lipinski definition) is 2. The van der Waals surface area contributed by atoms with Gasteiger partial charge in [-0.25, -0.2) is 0 Å². The predicted octanol–water partition coefficient (Wildman–Crippen LogP) is 3.22. The van der Waals surface area contributed by atoms with Crippen molar-refractivity contribution in [1.29, 1.82) is 0 Å². The van der Waals surface area contributed by atoms with Crippen molar-refractivity contribution in [3.05, 3.63) is 39.9 Å². The van der Waals surface area contributed by atoms with Crippen LogP contribution in [0.25, 0.3) is 6.08 Å². The lowest BCUT2D eigenvalue weighted by atomic mass is 10.1. The molecule has 1 aromatic rings. The van der Waals surface area contributed by atoms with Gasteiger partial charge in [-0.2, -0.15) is 0 Å². The maximum Gasteiger partial charge on any atom is 0.246 e. The Kier molecular flexibility index (Phi) is 5.46. The molecule has 2 rings (SSSR count). The highest BCUT2D eigenvalue weighted by atomic mass is 35.5. The SMILES string of the molecule is CNC1CCN(C(=O)/C=C/c2cccc(Cl)c2Cl)CC1. The molecule has 1 heterocycles. The molecule has 0 bridgehead atoms. The topological polar surface area (TPSA) is 32.3 Å². The van der Waals surface area contributed by atoms with Gasteiger partial charge >= 0.3 is 0 Å². The van der Waals surface area contributed by atoms with Crippen molar-refractivity contribution in [3.8, 4) is 0 Å². The van der Waals surface area contributed by atoms with E-state index in [0.29, 0.717) is 16.1 Å². The third-order valence-corrected chi connectivity index (χ3v) is 4.44. The first-order valence-corrected chi connectivity index (χ1v) is 7.45. The molecule has 5 heteroatoms. The second-order valence-electron chi connectivity index (χ2n) is 4.86. The molecule has 20 heavy (non-hydrogen) atoms. The van der Waals surface area contributed by atoms with Crippen LogP contribution in [0.4, 0.5) is 0 Å². The summed E-state index contributed by atoms with van der Waals surface area (Å²) in [5.41, 5.74) is 0.762. The van der Waals surface area contributed by atoms with Gasteiger partial charge in [0.05, 0.1) is 10.0 Å². The maximum atomic E-state index is 12.1. The molecule has 1 aliphatic rings. The third-order valence-electron chi connectivity index (χ3n) is 3.60. The number of piperidine rings is 1. The molecule has 0 aliphatic carbocycles. The minimum Gasteiger partial charge on any atom is -0.339 e. The number of likely N-dealkylation sites (tertiary alicyclic amines) is 1. The van der Waals surface area contributed by atoms with Gasteiger partial charge in [-0.05, 0) is 37.6 Å². The van der Waals surface area contributed by atoms with Crippen LogP contribution < -0.4 is 5.32 Å². The lowest BCUT2D eigenvalue weighted by Crippen LogP contribution is -2.43. The van der Waals surface area contributed by atoms with Gasteiger partial charge in [0.2, 0.25) is 5.91 Å². The first-order chi connectivity index (χ1) is 9.61. The monoisotopic (exact) mass is 312 g/mol. The van der Waals surface area contributed by atoms with Crippen molar-refractivity contribution in [1.82, 2.24) is 10.2 Å². The van der Waals surface area contributed by atoms with Crippen LogP contribution in [0, 0.1) is 0 Å². The molecule has 1 amide bonds. The van der Waals surface area contributed by atoms with Crippen LogP contribution in [0.5, 0.6) is 0 Å². The van der Waals surface area contributed by atoms with E-state index in [4.69, 9.17) is 23.2 Å². The molecule has 108 valence electrons. The van der Waals surface area contributed by atoms with Gasteiger partial charge in [0.15, 0.2) is 0 Å². The third kappa shape index (κ3) is 3.75. The number of carbonyl (C=O) groups is 1. The number of nitrogens with one attached hydrogen (secondary N) is 1. The van der Waals surface area contributed by atoms with Gasteiger partial charge in [0, 0.05) is 25.2 Å². The fraction of sp³-hybridized carbons (Fsp3) is 0.400. The second kappa shape index (κ2) is 7.11. The van der Waals surface area contributed by atoms with Gasteiger partial charge in [0.25, 0.3) is 0 Å². The molecule has 0 atom stereocenters. The molecular weight excluding hydrogens is 295 g/mol. The molecule has 0 unspecified atom stereocenters. The highest BCUT2D eigenvalue weighted by molar-refractivity contribution is 6.42. The summed E-state index contributed by atoms with van der Waals surface area (Å²) in [4.78, 5) is 14.0. The maximum absolute atomic E-state index is 12.1. The average molecular weight is 313 g/mol. The molecule has 0 aromatic heterocycles. The summed E-state index contributed by atoms with van der Waals surface area (Å²) in [5, 5.41) is 4.22. The Morgan fingerprint density at radius 3 is 2.70 bits per heavy atom. The van der Waals surface area contributed by atoms with Crippen LogP contribution in [-0.2, 0) is 4.79 Å². The van der Waals surface area contributed by atoms with Crippen LogP contribution in [0.1, 0.15) is 18.4 Å². The van der Waals surface area contributed by atoms with E-state index in [-0.39, 0.29) is 5.91 Å². The highest BCUT2D eigenvalue weighted by Crippen LogP contribution is 2.26. The van der Waals surface area contributed by atoms with Crippen LogP contribution in [0.15, 0.2) is 24.3 Å². The van der Waals surface area contributed by atoms with E-state index in [9.17, 15) is 4.79 Å². The average Bonchev–Trinajstić information content (AvgIpc) is 2.48. The summed E-state index contributed by atoms with van der Waals surface area (Å²) >= 11 is 12.0. The van der Waals surface area contributed by atoms with E-state index in [1.807, 2.05) is 24.1 Å². The van der Waals surface area contributed by atoms with Gasteiger partial charge in [-0.1, -0.05) is 35.3 Å². The second-order valence-corrected chi connectivity index (χ2v) is 5.65. The standard InChI is InChI=1S/C15H18Cl2N2O/c1-18-12-7-9-19(10-8-12)14(20)6-5-11-3-2-4-13(16)15(11)17/h2-6,12,18H,7-10H2,1H3/b6-5+. The highest BCUT2D eigenvalue weighted by Gasteiger charge is 2.20. The predicted molar refractivity (Wildman–Crippen MR) is 84.2 cm³/mol. The Labute approximate surface area is 129 Å². The molecule has 1 saturated heterocycles. The summed E-state index contributed by atoms with van der Waals surface area (Å²) < 4.78 is 0. The molecule has 1 aliphatic heterocycles. The Hall–Kier alpha value is -1.03. The molecule has 0 saturated carbocycles. The molecule has 3 nitrogen and oxygen atoms in total. The molecule has 0 spiro atoms. The number of halogens is 2. The normalized spacial score (nSPS) is 16.9. The lowest BCUT2D eigenvalue weighted by Gasteiger charge is -2.31. The molecule has 1 N–H and O–H groups in total. The van der Waals surface area contributed by atoms with Crippen molar-refractivity contribution < 1.29 is 4.79 Å². The van der Waals surface area contributed by atoms with Crippen molar-refractivity contribution in [3.63, 3.8) is 0 Å². The summed E-state index contributed by atoms with van der Waals surface area (Å²) in [5.74, 6) is 0.0237. The fourth-order valence-corrected chi connectivity index (χ4v) is 2.68. The number of amides is 1. The molecular formula is C15H18Cl2N2O. The number of hydrogen-bond donors (Lipinski definition) is 1. The number of nitrogens with zero attached hydrogens (tertiary/aromatic N) is 1. The fourth-order valence-electron chi connectivity index (χ4n) is 2.30. The van der Waals surface area contributed by atoms with Gasteiger partial charge in [0.1, 0.15) is 0 Å². The van der Waals surface area contributed by atoms with E-state index in [1.165, 1.54) is 0 Å². The van der Waals surface area contributed by atoms with E-state index < -0.39 is 0 Å². The number of carbonyl (C=O) groups excluding carboxylic acids is 1. The zero-order valence-corrected chi connectivity index (χ0v) is 12.9. The Morgan fingerprint density at radius 1 is 1.35 bits per heavy atom. The summed E-state index contributed by atoms with van der Waals surface area (Å²) in [7, 11) is 1.96. The Morgan fingerprint density at radius 2 is 2.05 bits per heavy atom. The Bertz CT molecular complexity index is 509. The summed E-state index contributed by atoms with van der Waals surface area (Å²) in [6.45, 7) is 1.58. The van der Waals surface area contributed by atoms with Crippen molar-refractivity contribution in [2.75, 3.05) is 20.1 Å². The Balaban J connectivity index is 1.98. The van der Waals surface area contributed by atoms with Crippen molar-refractivity contribution in [2.24, 2.45) is 0 Å². The summed E-state index contributed by atoms with van der Waals surface area (Å²) in [6.07, 6.45) is 5.28. The molecule has 1 aromatic carbocycles. The van der Waals surface area contributed by atoms with Gasteiger partial charge in [-0.15, -0.1) is 0 Å². The van der Waals surface area contributed by atoms with Crippen LogP contribution in [0.2, 0.25) is 10.0 Å². The van der Waals surface area contributed by atoms with Crippen LogP contribution >= 0.6 is 23.2 Å². The van der Waals surface area contributed by atoms with E-state index in [1.54, 1.807) is 18.2 Å².